The summed E-state index contributed by atoms with van der Waals surface area (Å²) in [6, 6.07) is 19.2. The molecule has 4 heterocycles. The lowest BCUT2D eigenvalue weighted by molar-refractivity contribution is 0.109. The summed E-state index contributed by atoms with van der Waals surface area (Å²) in [7, 11) is 0. The molecular formula is C30H29N5. The van der Waals surface area contributed by atoms with Gasteiger partial charge in [-0.15, -0.1) is 0 Å². The van der Waals surface area contributed by atoms with Crippen molar-refractivity contribution in [2.45, 2.75) is 32.1 Å². The Morgan fingerprint density at radius 2 is 1.80 bits per heavy atom. The Balaban J connectivity index is 1.26. The van der Waals surface area contributed by atoms with Crippen LogP contribution in [0.15, 0.2) is 73.2 Å². The number of hydrogen-bond acceptors (Lipinski definition) is 4. The Hall–Kier alpha value is -3.57. The van der Waals surface area contributed by atoms with Crippen molar-refractivity contribution in [3.8, 4) is 22.6 Å². The van der Waals surface area contributed by atoms with Crippen LogP contribution in [0.25, 0.3) is 39.1 Å². The average molecular weight is 460 g/mol. The number of aromatic nitrogens is 4. The molecule has 0 spiro atoms. The number of nitrogens with zero attached hydrogens (tertiary/aromatic N) is 5. The van der Waals surface area contributed by atoms with E-state index in [-0.39, 0.29) is 0 Å². The number of benzene rings is 2. The van der Waals surface area contributed by atoms with E-state index in [4.69, 9.17) is 9.97 Å². The molecule has 1 saturated heterocycles. The molecule has 0 bridgehead atoms. The van der Waals surface area contributed by atoms with Crippen LogP contribution in [-0.2, 0) is 0 Å². The third-order valence-electron chi connectivity index (χ3n) is 7.91. The molecule has 3 aromatic heterocycles. The predicted octanol–water partition coefficient (Wildman–Crippen LogP) is 6.12. The van der Waals surface area contributed by atoms with Crippen LogP contribution in [0.3, 0.4) is 0 Å². The first kappa shape index (κ1) is 20.8. The molecule has 0 amide bonds. The SMILES string of the molecule is Cc1cc(-c2ccccc2)nc2cc(-c3nc(C4CC(CN5CCC5)C4)c4cnccn34)ccc12. The summed E-state index contributed by atoms with van der Waals surface area (Å²) in [5.74, 6) is 2.32. The van der Waals surface area contributed by atoms with E-state index in [1.54, 1.807) is 0 Å². The summed E-state index contributed by atoms with van der Waals surface area (Å²) in [5, 5.41) is 1.18. The van der Waals surface area contributed by atoms with Gasteiger partial charge in [0.2, 0.25) is 0 Å². The van der Waals surface area contributed by atoms with Crippen molar-refractivity contribution < 1.29 is 0 Å². The molecule has 2 fully saturated rings. The molecule has 0 N–H and O–H groups in total. The van der Waals surface area contributed by atoms with Crippen molar-refractivity contribution in [1.82, 2.24) is 24.3 Å². The molecule has 7 rings (SSSR count). The van der Waals surface area contributed by atoms with Crippen molar-refractivity contribution in [2.24, 2.45) is 5.92 Å². The number of likely N-dealkylation sites (tertiary alicyclic amines) is 1. The Morgan fingerprint density at radius 3 is 2.60 bits per heavy atom. The largest absolute Gasteiger partial charge is 0.303 e. The Bertz CT molecular complexity index is 1530. The average Bonchev–Trinajstić information content (AvgIpc) is 3.21. The van der Waals surface area contributed by atoms with Crippen LogP contribution >= 0.6 is 0 Å². The van der Waals surface area contributed by atoms with Crippen molar-refractivity contribution in [3.05, 3.63) is 84.4 Å². The van der Waals surface area contributed by atoms with Gasteiger partial charge in [-0.1, -0.05) is 42.5 Å². The lowest BCUT2D eigenvalue weighted by Crippen LogP contribution is -2.43. The van der Waals surface area contributed by atoms with E-state index in [0.717, 1.165) is 39.6 Å². The molecule has 2 aromatic carbocycles. The first-order valence-electron chi connectivity index (χ1n) is 12.7. The molecule has 174 valence electrons. The van der Waals surface area contributed by atoms with Gasteiger partial charge in [-0.05, 0) is 62.9 Å². The van der Waals surface area contributed by atoms with Crippen molar-refractivity contribution in [1.29, 1.82) is 0 Å². The second kappa shape index (κ2) is 8.28. The van der Waals surface area contributed by atoms with Gasteiger partial charge in [0, 0.05) is 41.4 Å². The monoisotopic (exact) mass is 459 g/mol. The summed E-state index contributed by atoms with van der Waals surface area (Å²) in [5.41, 5.74) is 7.83. The second-order valence-corrected chi connectivity index (χ2v) is 10.3. The Kier molecular flexibility index (Phi) is 4.91. The number of pyridine rings is 1. The Morgan fingerprint density at radius 1 is 0.943 bits per heavy atom. The molecule has 0 radical (unpaired) electrons. The highest BCUT2D eigenvalue weighted by Gasteiger charge is 2.35. The quantitative estimate of drug-likeness (QED) is 0.318. The maximum atomic E-state index is 5.22. The fourth-order valence-electron chi connectivity index (χ4n) is 5.80. The topological polar surface area (TPSA) is 46.3 Å². The standard InChI is InChI=1S/C30H29N5/c1-20-14-26(22-6-3-2-4-7-22)32-27-17-23(8-9-25(20)27)30-33-29(28-18-31-10-13-35(28)30)24-15-21(16-24)19-34-11-5-12-34/h2-4,6-10,13-14,17-18,21,24H,5,11-12,15-16,19H2,1H3. The van der Waals surface area contributed by atoms with Gasteiger partial charge >= 0.3 is 0 Å². The van der Waals surface area contributed by atoms with Crippen LogP contribution in [0.2, 0.25) is 0 Å². The third kappa shape index (κ3) is 3.62. The first-order chi connectivity index (χ1) is 17.2. The summed E-state index contributed by atoms with van der Waals surface area (Å²) >= 11 is 0. The van der Waals surface area contributed by atoms with E-state index in [1.165, 1.54) is 55.5 Å². The zero-order valence-corrected chi connectivity index (χ0v) is 20.1. The molecular weight excluding hydrogens is 430 g/mol. The number of fused-ring (bicyclic) bond motifs is 2. The second-order valence-electron chi connectivity index (χ2n) is 10.3. The van der Waals surface area contributed by atoms with Gasteiger partial charge in [0.05, 0.1) is 28.6 Å². The van der Waals surface area contributed by atoms with E-state index in [1.807, 2.05) is 24.7 Å². The molecule has 1 aliphatic heterocycles. The Labute approximate surface area is 205 Å². The van der Waals surface area contributed by atoms with E-state index in [2.05, 4.69) is 69.7 Å². The van der Waals surface area contributed by atoms with Crippen molar-refractivity contribution in [2.75, 3.05) is 19.6 Å². The van der Waals surface area contributed by atoms with Crippen LogP contribution < -0.4 is 0 Å². The predicted molar refractivity (Wildman–Crippen MR) is 140 cm³/mol. The van der Waals surface area contributed by atoms with Gasteiger partial charge in [-0.25, -0.2) is 9.97 Å². The maximum Gasteiger partial charge on any atom is 0.145 e. The van der Waals surface area contributed by atoms with Gasteiger partial charge in [-0.3, -0.25) is 9.38 Å². The molecule has 1 aliphatic carbocycles. The van der Waals surface area contributed by atoms with Crippen LogP contribution in [0.1, 0.15) is 36.4 Å². The van der Waals surface area contributed by atoms with E-state index >= 15 is 0 Å². The fourth-order valence-corrected chi connectivity index (χ4v) is 5.80. The summed E-state index contributed by atoms with van der Waals surface area (Å²) in [6.07, 6.45) is 9.70. The minimum Gasteiger partial charge on any atom is -0.303 e. The highest BCUT2D eigenvalue weighted by molar-refractivity contribution is 5.88. The van der Waals surface area contributed by atoms with Crippen LogP contribution in [-0.4, -0.2) is 43.9 Å². The number of imidazole rings is 1. The van der Waals surface area contributed by atoms with Gasteiger partial charge in [-0.2, -0.15) is 0 Å². The van der Waals surface area contributed by atoms with Gasteiger partial charge in [0.1, 0.15) is 5.82 Å². The molecule has 5 heteroatoms. The normalized spacial score (nSPS) is 20.1. The molecule has 1 saturated carbocycles. The molecule has 5 nitrogen and oxygen atoms in total. The fraction of sp³-hybridized carbons (Fsp3) is 0.300. The zero-order chi connectivity index (χ0) is 23.4. The highest BCUT2D eigenvalue weighted by atomic mass is 15.2. The van der Waals surface area contributed by atoms with Crippen LogP contribution in [0.4, 0.5) is 0 Å². The summed E-state index contributed by atoms with van der Waals surface area (Å²) in [4.78, 5) is 17.3. The van der Waals surface area contributed by atoms with E-state index in [0.29, 0.717) is 5.92 Å². The third-order valence-corrected chi connectivity index (χ3v) is 7.91. The smallest absolute Gasteiger partial charge is 0.145 e. The van der Waals surface area contributed by atoms with Crippen LogP contribution in [0, 0.1) is 12.8 Å². The van der Waals surface area contributed by atoms with Gasteiger partial charge in [0.25, 0.3) is 0 Å². The maximum absolute atomic E-state index is 5.22. The lowest BCUT2D eigenvalue weighted by atomic mass is 9.72. The first-order valence-corrected chi connectivity index (χ1v) is 12.7. The zero-order valence-electron chi connectivity index (χ0n) is 20.1. The molecule has 0 unspecified atom stereocenters. The van der Waals surface area contributed by atoms with E-state index in [9.17, 15) is 0 Å². The number of aryl methyl sites for hydroxylation is 1. The molecule has 35 heavy (non-hydrogen) atoms. The minimum atomic E-state index is 0.528. The molecule has 5 aromatic rings. The molecule has 0 atom stereocenters. The van der Waals surface area contributed by atoms with Gasteiger partial charge < -0.3 is 4.90 Å². The van der Waals surface area contributed by atoms with Crippen molar-refractivity contribution in [3.63, 3.8) is 0 Å². The van der Waals surface area contributed by atoms with Crippen molar-refractivity contribution >= 4 is 16.4 Å². The van der Waals surface area contributed by atoms with E-state index < -0.39 is 0 Å². The minimum absolute atomic E-state index is 0.528. The highest BCUT2D eigenvalue weighted by Crippen LogP contribution is 2.44. The van der Waals surface area contributed by atoms with Gasteiger partial charge in [0.15, 0.2) is 0 Å². The summed E-state index contributed by atoms with van der Waals surface area (Å²) < 4.78 is 2.21. The van der Waals surface area contributed by atoms with Crippen LogP contribution in [0.5, 0.6) is 0 Å². The molecule has 2 aliphatic rings. The lowest BCUT2D eigenvalue weighted by Gasteiger charge is -2.41. The number of hydrogen-bond donors (Lipinski definition) is 0. The number of rotatable bonds is 5. The summed E-state index contributed by atoms with van der Waals surface area (Å²) in [6.45, 7) is 5.99.